The Morgan fingerprint density at radius 1 is 0.939 bits per heavy atom. The van der Waals surface area contributed by atoms with Gasteiger partial charge < -0.3 is 14.6 Å². The molecule has 5 rings (SSSR count). The van der Waals surface area contributed by atoms with Crippen LogP contribution in [0.15, 0.2) is 88.8 Å². The van der Waals surface area contributed by atoms with Gasteiger partial charge in [0.2, 0.25) is 0 Å². The summed E-state index contributed by atoms with van der Waals surface area (Å²) in [5.74, 6) is -0.160. The van der Waals surface area contributed by atoms with Gasteiger partial charge in [0, 0.05) is 25.6 Å². The number of carbonyl (C=O) groups excluding carboxylic acids is 2. The lowest BCUT2D eigenvalue weighted by molar-refractivity contribution is -0.115. The van der Waals surface area contributed by atoms with Crippen molar-refractivity contribution in [3.05, 3.63) is 90.4 Å². The Hall–Kier alpha value is -3.87. The normalized spacial score (nSPS) is 18.8. The molecule has 1 N–H and O–H groups in total. The first-order valence-electron chi connectivity index (χ1n) is 11.3. The molecule has 1 saturated heterocycles. The Labute approximate surface area is 192 Å². The minimum atomic E-state index is -0.131. The average molecular weight is 443 g/mol. The molecule has 2 aliphatic heterocycles. The Kier molecular flexibility index (Phi) is 5.93. The van der Waals surface area contributed by atoms with Crippen LogP contribution in [0.4, 0.5) is 5.69 Å². The van der Waals surface area contributed by atoms with Gasteiger partial charge in [0.15, 0.2) is 0 Å². The fourth-order valence-corrected chi connectivity index (χ4v) is 4.47. The van der Waals surface area contributed by atoms with E-state index in [0.29, 0.717) is 43.6 Å². The second-order valence-electron chi connectivity index (χ2n) is 8.41. The topological polar surface area (TPSA) is 78.1 Å². The van der Waals surface area contributed by atoms with Crippen molar-refractivity contribution in [3.8, 4) is 0 Å². The lowest BCUT2D eigenvalue weighted by atomic mass is 10.00. The molecule has 2 amide bonds. The van der Waals surface area contributed by atoms with Crippen molar-refractivity contribution in [1.29, 1.82) is 0 Å². The smallest absolute Gasteiger partial charge is 0.267 e. The van der Waals surface area contributed by atoms with Crippen molar-refractivity contribution in [3.63, 3.8) is 0 Å². The molecule has 1 fully saturated rings. The van der Waals surface area contributed by atoms with Gasteiger partial charge in [-0.1, -0.05) is 48.5 Å². The van der Waals surface area contributed by atoms with Crippen molar-refractivity contribution in [2.75, 3.05) is 18.1 Å². The molecule has 3 aromatic rings. The van der Waals surface area contributed by atoms with Gasteiger partial charge in [-0.25, -0.2) is 0 Å². The molecular formula is C26H26N4O3. The zero-order chi connectivity index (χ0) is 22.6. The van der Waals surface area contributed by atoms with Crippen molar-refractivity contribution in [2.45, 2.75) is 31.3 Å². The SMILES string of the molecule is O=C(NC1CCN(C(=O)c2ccoc2)CC1)C1=NN(c2ccccc2)C(c2ccccc2)C1. The summed E-state index contributed by atoms with van der Waals surface area (Å²) in [5.41, 5.74) is 3.18. The van der Waals surface area contributed by atoms with Crippen LogP contribution in [0.25, 0.3) is 0 Å². The molecule has 1 atom stereocenters. The second kappa shape index (κ2) is 9.32. The maximum absolute atomic E-state index is 13.1. The van der Waals surface area contributed by atoms with Crippen LogP contribution in [0.5, 0.6) is 0 Å². The van der Waals surface area contributed by atoms with E-state index in [1.807, 2.05) is 58.4 Å². The first-order valence-corrected chi connectivity index (χ1v) is 11.3. The molecule has 168 valence electrons. The molecule has 2 aliphatic rings. The molecule has 0 spiro atoms. The summed E-state index contributed by atoms with van der Waals surface area (Å²) in [7, 11) is 0. The number of furan rings is 1. The van der Waals surface area contributed by atoms with Crippen LogP contribution >= 0.6 is 0 Å². The zero-order valence-corrected chi connectivity index (χ0v) is 18.3. The highest BCUT2D eigenvalue weighted by Gasteiger charge is 2.33. The van der Waals surface area contributed by atoms with Gasteiger partial charge in [-0.3, -0.25) is 14.6 Å². The Bertz CT molecular complexity index is 1120. The van der Waals surface area contributed by atoms with Gasteiger partial charge in [-0.15, -0.1) is 0 Å². The van der Waals surface area contributed by atoms with Gasteiger partial charge in [-0.05, 0) is 36.6 Å². The number of piperidine rings is 1. The largest absolute Gasteiger partial charge is 0.472 e. The molecule has 1 aromatic heterocycles. The van der Waals surface area contributed by atoms with E-state index in [9.17, 15) is 9.59 Å². The second-order valence-corrected chi connectivity index (χ2v) is 8.41. The molecule has 7 nitrogen and oxygen atoms in total. The van der Waals surface area contributed by atoms with E-state index in [-0.39, 0.29) is 23.9 Å². The van der Waals surface area contributed by atoms with Crippen molar-refractivity contribution < 1.29 is 14.0 Å². The third-order valence-corrected chi connectivity index (χ3v) is 6.26. The standard InChI is InChI=1S/C26H26N4O3/c31-25(27-21-11-14-29(15-12-21)26(32)20-13-16-33-18-20)23-17-24(19-7-3-1-4-8-19)30(28-23)22-9-5-2-6-10-22/h1-10,13,16,18,21,24H,11-12,14-15,17H2,(H,27,31). The van der Waals surface area contributed by atoms with Gasteiger partial charge in [-0.2, -0.15) is 5.10 Å². The number of nitrogens with zero attached hydrogens (tertiary/aromatic N) is 3. The summed E-state index contributed by atoms with van der Waals surface area (Å²) in [4.78, 5) is 27.4. The fraction of sp³-hybridized carbons (Fsp3) is 0.269. The molecule has 0 aliphatic carbocycles. The van der Waals surface area contributed by atoms with Crippen LogP contribution < -0.4 is 10.3 Å². The van der Waals surface area contributed by atoms with E-state index in [1.165, 1.54) is 12.5 Å². The number of benzene rings is 2. The molecule has 1 unspecified atom stereocenters. The van der Waals surface area contributed by atoms with Gasteiger partial charge in [0.1, 0.15) is 12.0 Å². The highest BCUT2D eigenvalue weighted by Crippen LogP contribution is 2.35. The van der Waals surface area contributed by atoms with Crippen molar-refractivity contribution in [1.82, 2.24) is 10.2 Å². The summed E-state index contributed by atoms with van der Waals surface area (Å²) >= 11 is 0. The first-order chi connectivity index (χ1) is 16.2. The highest BCUT2D eigenvalue weighted by molar-refractivity contribution is 6.39. The third kappa shape index (κ3) is 4.53. The molecule has 0 radical (unpaired) electrons. The minimum Gasteiger partial charge on any atom is -0.472 e. The number of para-hydroxylation sites is 1. The third-order valence-electron chi connectivity index (χ3n) is 6.26. The van der Waals surface area contributed by atoms with Crippen LogP contribution in [0, 0.1) is 0 Å². The number of amides is 2. The number of hydrogen-bond donors (Lipinski definition) is 1. The summed E-state index contributed by atoms with van der Waals surface area (Å²) in [6.07, 6.45) is 4.95. The highest BCUT2D eigenvalue weighted by atomic mass is 16.3. The summed E-state index contributed by atoms with van der Waals surface area (Å²) in [6, 6.07) is 21.8. The lowest BCUT2D eigenvalue weighted by Gasteiger charge is -2.32. The van der Waals surface area contributed by atoms with E-state index in [2.05, 4.69) is 17.4 Å². The summed E-state index contributed by atoms with van der Waals surface area (Å²) in [6.45, 7) is 1.20. The van der Waals surface area contributed by atoms with Crippen LogP contribution in [0.3, 0.4) is 0 Å². The van der Waals surface area contributed by atoms with Crippen LogP contribution in [-0.2, 0) is 4.79 Å². The quantitative estimate of drug-likeness (QED) is 0.648. The Morgan fingerprint density at radius 2 is 1.64 bits per heavy atom. The van der Waals surface area contributed by atoms with E-state index < -0.39 is 0 Å². The van der Waals surface area contributed by atoms with Gasteiger partial charge >= 0.3 is 0 Å². The number of anilines is 1. The predicted molar refractivity (Wildman–Crippen MR) is 126 cm³/mol. The number of likely N-dealkylation sites (tertiary alicyclic amines) is 1. The Balaban J connectivity index is 1.24. The van der Waals surface area contributed by atoms with E-state index in [1.54, 1.807) is 6.07 Å². The number of rotatable bonds is 5. The summed E-state index contributed by atoms with van der Waals surface area (Å²) < 4.78 is 5.02. The number of carbonyl (C=O) groups is 2. The molecule has 33 heavy (non-hydrogen) atoms. The van der Waals surface area contributed by atoms with Crippen LogP contribution in [0.1, 0.15) is 41.2 Å². The maximum Gasteiger partial charge on any atom is 0.267 e. The molecular weight excluding hydrogens is 416 g/mol. The molecule has 0 bridgehead atoms. The first kappa shape index (κ1) is 21.0. The Morgan fingerprint density at radius 3 is 2.30 bits per heavy atom. The van der Waals surface area contributed by atoms with E-state index in [4.69, 9.17) is 9.52 Å². The molecule has 3 heterocycles. The van der Waals surface area contributed by atoms with E-state index in [0.717, 1.165) is 11.3 Å². The molecule has 2 aromatic carbocycles. The molecule has 0 saturated carbocycles. The monoisotopic (exact) mass is 442 g/mol. The number of nitrogens with one attached hydrogen (secondary N) is 1. The lowest BCUT2D eigenvalue weighted by Crippen LogP contribution is -2.47. The maximum atomic E-state index is 13.1. The van der Waals surface area contributed by atoms with Crippen molar-refractivity contribution >= 4 is 23.2 Å². The summed E-state index contributed by atoms with van der Waals surface area (Å²) in [5, 5.41) is 9.81. The molecule has 7 heteroatoms. The fourth-order valence-electron chi connectivity index (χ4n) is 4.47. The average Bonchev–Trinajstić information content (AvgIpc) is 3.56. The van der Waals surface area contributed by atoms with Gasteiger partial charge in [0.25, 0.3) is 11.8 Å². The van der Waals surface area contributed by atoms with Crippen molar-refractivity contribution in [2.24, 2.45) is 5.10 Å². The number of hydrogen-bond acceptors (Lipinski definition) is 5. The zero-order valence-electron chi connectivity index (χ0n) is 18.3. The van der Waals surface area contributed by atoms with Crippen LogP contribution in [0.2, 0.25) is 0 Å². The predicted octanol–water partition coefficient (Wildman–Crippen LogP) is 4.01. The number of hydrazone groups is 1. The minimum absolute atomic E-state index is 0.0227. The van der Waals surface area contributed by atoms with Gasteiger partial charge in [0.05, 0.1) is 23.6 Å². The van der Waals surface area contributed by atoms with E-state index >= 15 is 0 Å². The van der Waals surface area contributed by atoms with Crippen LogP contribution in [-0.4, -0.2) is 41.6 Å².